The Balaban J connectivity index is 1.33. The van der Waals surface area contributed by atoms with Crippen LogP contribution in [0.5, 0.6) is 5.75 Å². The van der Waals surface area contributed by atoms with E-state index in [1.807, 2.05) is 36.0 Å². The molecule has 0 unspecified atom stereocenters. The van der Waals surface area contributed by atoms with E-state index in [-0.39, 0.29) is 5.92 Å². The normalized spacial score (nSPS) is 19.5. The molecule has 7 heteroatoms. The number of hydrogen-bond acceptors (Lipinski definition) is 6. The third-order valence-electron chi connectivity index (χ3n) is 6.98. The van der Waals surface area contributed by atoms with Gasteiger partial charge in [0.05, 0.1) is 24.6 Å². The van der Waals surface area contributed by atoms with Gasteiger partial charge in [0.2, 0.25) is 0 Å². The molecule has 1 aromatic heterocycles. The Morgan fingerprint density at radius 2 is 2.11 bits per heavy atom. The number of likely N-dealkylation sites (tertiary alicyclic amines) is 1. The van der Waals surface area contributed by atoms with Crippen LogP contribution in [0.15, 0.2) is 59.6 Å². The lowest BCUT2D eigenvalue weighted by Crippen LogP contribution is -2.44. The average Bonchev–Trinajstić information content (AvgIpc) is 2.87. The minimum absolute atomic E-state index is 0.0606. The Kier molecular flexibility index (Phi) is 8.65. The molecule has 1 fully saturated rings. The highest BCUT2D eigenvalue weighted by Crippen LogP contribution is 2.34. The summed E-state index contributed by atoms with van der Waals surface area (Å²) in [6.07, 6.45) is 3.07. The summed E-state index contributed by atoms with van der Waals surface area (Å²) in [6.45, 7) is 4.44. The van der Waals surface area contributed by atoms with Gasteiger partial charge in [0, 0.05) is 35.3 Å². The van der Waals surface area contributed by atoms with Gasteiger partial charge in [-0.05, 0) is 80.6 Å². The highest BCUT2D eigenvalue weighted by molar-refractivity contribution is 7.99. The average molecular weight is 495 g/mol. The van der Waals surface area contributed by atoms with E-state index < -0.39 is 18.0 Å². The van der Waals surface area contributed by atoms with Gasteiger partial charge in [-0.3, -0.25) is 9.78 Å². The molecule has 1 aliphatic rings. The predicted octanol–water partition coefficient (Wildman–Crippen LogP) is 5.18. The van der Waals surface area contributed by atoms with Crippen molar-refractivity contribution >= 4 is 28.6 Å². The van der Waals surface area contributed by atoms with Gasteiger partial charge in [-0.1, -0.05) is 17.7 Å². The Labute approximate surface area is 211 Å². The standard InChI is InChI=1S/C28H34N2O4S/c1-19-4-3-5-22(16-19)35-15-14-30-13-11-20(25(18-30)28(32)33)6-9-27(31)23-10-12-29-26-8-7-21(34-2)17-24(23)26/h3-5,7-8,10,12,16-17,20,25,27,31H,6,9,11,13-15,18H2,1-2H3,(H,32,33)/t20-,25+,27+/m1/s1. The number of piperidine rings is 1. The van der Waals surface area contributed by atoms with E-state index in [1.165, 1.54) is 10.5 Å². The van der Waals surface area contributed by atoms with E-state index in [2.05, 4.69) is 41.1 Å². The second-order valence-corrected chi connectivity index (χ2v) is 10.5. The van der Waals surface area contributed by atoms with Crippen LogP contribution >= 0.6 is 11.8 Å². The number of aryl methyl sites for hydroxylation is 1. The topological polar surface area (TPSA) is 82.9 Å². The van der Waals surface area contributed by atoms with Gasteiger partial charge in [-0.2, -0.15) is 0 Å². The fraction of sp³-hybridized carbons (Fsp3) is 0.429. The van der Waals surface area contributed by atoms with Gasteiger partial charge < -0.3 is 19.8 Å². The summed E-state index contributed by atoms with van der Waals surface area (Å²) in [7, 11) is 1.62. The second kappa shape index (κ2) is 11.9. The Hall–Kier alpha value is -2.61. The summed E-state index contributed by atoms with van der Waals surface area (Å²) in [5.41, 5.74) is 2.87. The molecule has 6 nitrogen and oxygen atoms in total. The molecule has 0 amide bonds. The number of rotatable bonds is 10. The van der Waals surface area contributed by atoms with Crippen LogP contribution in [0.1, 0.15) is 36.5 Å². The quantitative estimate of drug-likeness (QED) is 0.376. The summed E-state index contributed by atoms with van der Waals surface area (Å²) in [5.74, 6) is 0.578. The van der Waals surface area contributed by atoms with Crippen LogP contribution in [0.3, 0.4) is 0 Å². The van der Waals surface area contributed by atoms with Gasteiger partial charge >= 0.3 is 5.97 Å². The number of carbonyl (C=O) groups is 1. The Morgan fingerprint density at radius 1 is 1.26 bits per heavy atom. The van der Waals surface area contributed by atoms with Crippen LogP contribution in [-0.4, -0.2) is 58.6 Å². The van der Waals surface area contributed by atoms with Gasteiger partial charge in [0.1, 0.15) is 5.75 Å². The summed E-state index contributed by atoms with van der Waals surface area (Å²) < 4.78 is 5.34. The van der Waals surface area contributed by atoms with Crippen molar-refractivity contribution in [2.45, 2.75) is 37.2 Å². The summed E-state index contributed by atoms with van der Waals surface area (Å²) in [6, 6.07) is 16.0. The Bertz CT molecular complexity index is 1150. The zero-order chi connectivity index (χ0) is 24.8. The van der Waals surface area contributed by atoms with Crippen molar-refractivity contribution in [1.82, 2.24) is 9.88 Å². The number of hydrogen-bond donors (Lipinski definition) is 2. The first-order chi connectivity index (χ1) is 16.9. The number of aliphatic hydroxyl groups excluding tert-OH is 1. The summed E-state index contributed by atoms with van der Waals surface area (Å²) in [5, 5.41) is 21.8. The minimum atomic E-state index is -0.736. The number of aliphatic hydroxyl groups is 1. The molecule has 0 aliphatic carbocycles. The van der Waals surface area contributed by atoms with Crippen molar-refractivity contribution in [2.24, 2.45) is 11.8 Å². The SMILES string of the molecule is COc1ccc2nccc([C@@H](O)CC[C@@H]3CCN(CCSc4cccc(C)c4)C[C@@H]3C(=O)O)c2c1. The molecule has 186 valence electrons. The first kappa shape index (κ1) is 25.5. The smallest absolute Gasteiger partial charge is 0.308 e. The maximum atomic E-state index is 12.1. The van der Waals surface area contributed by atoms with Gasteiger partial charge in [0.15, 0.2) is 0 Å². The molecule has 35 heavy (non-hydrogen) atoms. The number of carboxylic acid groups (broad SMARTS) is 1. The molecule has 0 saturated carbocycles. The minimum Gasteiger partial charge on any atom is -0.497 e. The van der Waals surface area contributed by atoms with Crippen LogP contribution in [0.2, 0.25) is 0 Å². The molecule has 3 aromatic rings. The Morgan fingerprint density at radius 3 is 2.89 bits per heavy atom. The lowest BCUT2D eigenvalue weighted by molar-refractivity contribution is -0.146. The van der Waals surface area contributed by atoms with Gasteiger partial charge in [-0.25, -0.2) is 0 Å². The van der Waals surface area contributed by atoms with Crippen LogP contribution in [0.25, 0.3) is 10.9 Å². The zero-order valence-electron chi connectivity index (χ0n) is 20.4. The van der Waals surface area contributed by atoms with Gasteiger partial charge in [-0.15, -0.1) is 11.8 Å². The molecule has 2 heterocycles. The summed E-state index contributed by atoms with van der Waals surface area (Å²) in [4.78, 5) is 20.0. The van der Waals surface area contributed by atoms with Crippen molar-refractivity contribution in [2.75, 3.05) is 32.5 Å². The third kappa shape index (κ3) is 6.54. The number of pyridine rings is 1. The molecule has 4 rings (SSSR count). The number of aliphatic carboxylic acids is 1. The maximum absolute atomic E-state index is 12.1. The van der Waals surface area contributed by atoms with Crippen molar-refractivity contribution in [3.63, 3.8) is 0 Å². The van der Waals surface area contributed by atoms with E-state index in [0.29, 0.717) is 19.4 Å². The maximum Gasteiger partial charge on any atom is 0.308 e. The monoisotopic (exact) mass is 494 g/mol. The number of nitrogens with zero attached hydrogens (tertiary/aromatic N) is 2. The van der Waals surface area contributed by atoms with Crippen molar-refractivity contribution < 1.29 is 19.7 Å². The molecule has 2 N–H and O–H groups in total. The van der Waals surface area contributed by atoms with E-state index in [4.69, 9.17) is 4.74 Å². The summed E-state index contributed by atoms with van der Waals surface area (Å²) >= 11 is 1.82. The molecule has 3 atom stereocenters. The molecular formula is C28H34N2O4S. The first-order valence-corrected chi connectivity index (χ1v) is 13.2. The van der Waals surface area contributed by atoms with Gasteiger partial charge in [0.25, 0.3) is 0 Å². The van der Waals surface area contributed by atoms with Crippen LogP contribution in [-0.2, 0) is 4.79 Å². The van der Waals surface area contributed by atoms with E-state index in [9.17, 15) is 15.0 Å². The number of fused-ring (bicyclic) bond motifs is 1. The molecule has 2 aromatic carbocycles. The lowest BCUT2D eigenvalue weighted by atomic mass is 9.81. The van der Waals surface area contributed by atoms with E-state index in [0.717, 1.165) is 47.5 Å². The largest absolute Gasteiger partial charge is 0.497 e. The predicted molar refractivity (Wildman–Crippen MR) is 140 cm³/mol. The number of thioether (sulfide) groups is 1. The first-order valence-electron chi connectivity index (χ1n) is 12.2. The molecule has 0 radical (unpaired) electrons. The van der Waals surface area contributed by atoms with Crippen molar-refractivity contribution in [3.8, 4) is 5.75 Å². The zero-order valence-corrected chi connectivity index (χ0v) is 21.2. The van der Waals surface area contributed by atoms with Crippen LogP contribution in [0, 0.1) is 18.8 Å². The number of benzene rings is 2. The number of methoxy groups -OCH3 is 1. The number of aromatic nitrogens is 1. The van der Waals surface area contributed by atoms with E-state index >= 15 is 0 Å². The highest BCUT2D eigenvalue weighted by Gasteiger charge is 2.34. The molecule has 0 bridgehead atoms. The van der Waals surface area contributed by atoms with E-state index in [1.54, 1.807) is 13.3 Å². The van der Waals surface area contributed by atoms with Crippen LogP contribution in [0.4, 0.5) is 0 Å². The highest BCUT2D eigenvalue weighted by atomic mass is 32.2. The second-order valence-electron chi connectivity index (χ2n) is 9.34. The molecular weight excluding hydrogens is 460 g/mol. The van der Waals surface area contributed by atoms with Crippen molar-refractivity contribution in [3.05, 3.63) is 65.9 Å². The number of ether oxygens (including phenoxy) is 1. The molecule has 1 aliphatic heterocycles. The lowest BCUT2D eigenvalue weighted by Gasteiger charge is -2.37. The fourth-order valence-electron chi connectivity index (χ4n) is 4.99. The third-order valence-corrected chi connectivity index (χ3v) is 7.95. The number of carboxylic acids is 1. The van der Waals surface area contributed by atoms with Crippen molar-refractivity contribution in [1.29, 1.82) is 0 Å². The van der Waals surface area contributed by atoms with Crippen LogP contribution < -0.4 is 4.74 Å². The molecule has 0 spiro atoms. The molecule has 1 saturated heterocycles. The fourth-order valence-corrected chi connectivity index (χ4v) is 6.01.